The van der Waals surface area contributed by atoms with Gasteiger partial charge in [0.25, 0.3) is 0 Å². The van der Waals surface area contributed by atoms with E-state index in [4.69, 9.17) is 11.6 Å². The zero-order valence-electron chi connectivity index (χ0n) is 13.9. The van der Waals surface area contributed by atoms with E-state index in [-0.39, 0.29) is 18.2 Å². The van der Waals surface area contributed by atoms with Crippen LogP contribution < -0.4 is 5.32 Å². The smallest absolute Gasteiger partial charge is 0.232 e. The maximum atomic E-state index is 12.5. The summed E-state index contributed by atoms with van der Waals surface area (Å²) < 4.78 is 0. The fraction of sp³-hybridized carbons (Fsp3) is 0.211. The molecule has 0 aliphatic carbocycles. The minimum absolute atomic E-state index is 0.0466. The SMILES string of the molecule is O=C(Nc1nc2ccccc2[nH]1)[C@@H]1CC(=O)N(Cc2ccccc2Cl)C1. The molecule has 1 fully saturated rings. The van der Waals surface area contributed by atoms with Crippen LogP contribution in [0.3, 0.4) is 0 Å². The number of likely N-dealkylation sites (tertiary alicyclic amines) is 1. The number of rotatable bonds is 4. The fourth-order valence-corrected chi connectivity index (χ4v) is 3.36. The van der Waals surface area contributed by atoms with E-state index in [2.05, 4.69) is 15.3 Å². The lowest BCUT2D eigenvalue weighted by molar-refractivity contribution is -0.128. The monoisotopic (exact) mass is 368 g/mol. The molecule has 1 aromatic heterocycles. The number of carbonyl (C=O) groups excluding carboxylic acids is 2. The van der Waals surface area contributed by atoms with Gasteiger partial charge < -0.3 is 9.88 Å². The predicted molar refractivity (Wildman–Crippen MR) is 99.7 cm³/mol. The van der Waals surface area contributed by atoms with Crippen molar-refractivity contribution < 1.29 is 9.59 Å². The number of amides is 2. The lowest BCUT2D eigenvalue weighted by atomic mass is 10.1. The first-order chi connectivity index (χ1) is 12.6. The molecule has 0 bridgehead atoms. The molecule has 26 heavy (non-hydrogen) atoms. The molecule has 1 atom stereocenters. The van der Waals surface area contributed by atoms with E-state index in [0.29, 0.717) is 24.1 Å². The summed E-state index contributed by atoms with van der Waals surface area (Å²) in [4.78, 5) is 33.9. The molecule has 2 aromatic carbocycles. The average molecular weight is 369 g/mol. The Morgan fingerprint density at radius 1 is 1.23 bits per heavy atom. The Bertz CT molecular complexity index is 951. The van der Waals surface area contributed by atoms with E-state index in [1.165, 1.54) is 0 Å². The summed E-state index contributed by atoms with van der Waals surface area (Å²) in [6.45, 7) is 0.781. The van der Waals surface area contributed by atoms with Crippen LogP contribution in [0.1, 0.15) is 12.0 Å². The molecule has 0 unspecified atom stereocenters. The number of imidazole rings is 1. The molecule has 0 spiro atoms. The van der Waals surface area contributed by atoms with Gasteiger partial charge in [0, 0.05) is 24.5 Å². The van der Waals surface area contributed by atoms with E-state index in [0.717, 1.165) is 16.6 Å². The van der Waals surface area contributed by atoms with Gasteiger partial charge in [-0.2, -0.15) is 0 Å². The Morgan fingerprint density at radius 2 is 2.00 bits per heavy atom. The van der Waals surface area contributed by atoms with E-state index in [1.807, 2.05) is 42.5 Å². The lowest BCUT2D eigenvalue weighted by Crippen LogP contribution is -2.28. The first kappa shape index (κ1) is 16.6. The van der Waals surface area contributed by atoms with Crippen molar-refractivity contribution >= 4 is 40.4 Å². The molecule has 6 nitrogen and oxygen atoms in total. The van der Waals surface area contributed by atoms with E-state index >= 15 is 0 Å². The number of fused-ring (bicyclic) bond motifs is 1. The van der Waals surface area contributed by atoms with Gasteiger partial charge in [-0.15, -0.1) is 0 Å². The molecule has 2 N–H and O–H groups in total. The summed E-state index contributed by atoms with van der Waals surface area (Å²) in [5.41, 5.74) is 2.51. The van der Waals surface area contributed by atoms with Crippen LogP contribution in [0.15, 0.2) is 48.5 Å². The highest BCUT2D eigenvalue weighted by Gasteiger charge is 2.34. The van der Waals surface area contributed by atoms with Gasteiger partial charge in [0.2, 0.25) is 17.8 Å². The number of hydrogen-bond donors (Lipinski definition) is 2. The molecule has 7 heteroatoms. The minimum Gasteiger partial charge on any atom is -0.337 e. The fourth-order valence-electron chi connectivity index (χ4n) is 3.16. The van der Waals surface area contributed by atoms with Crippen LogP contribution in [-0.4, -0.2) is 33.2 Å². The van der Waals surface area contributed by atoms with Crippen molar-refractivity contribution in [2.45, 2.75) is 13.0 Å². The van der Waals surface area contributed by atoms with Gasteiger partial charge >= 0.3 is 0 Å². The summed E-state index contributed by atoms with van der Waals surface area (Å²) >= 11 is 6.17. The summed E-state index contributed by atoms with van der Waals surface area (Å²) in [5, 5.41) is 3.40. The molecular weight excluding hydrogens is 352 g/mol. The predicted octanol–water partition coefficient (Wildman–Crippen LogP) is 3.20. The topological polar surface area (TPSA) is 78.1 Å². The minimum atomic E-state index is -0.404. The Hall–Kier alpha value is -2.86. The van der Waals surface area contributed by atoms with Gasteiger partial charge in [-0.05, 0) is 23.8 Å². The third-order valence-corrected chi connectivity index (χ3v) is 4.90. The molecule has 3 aromatic rings. The van der Waals surface area contributed by atoms with Gasteiger partial charge in [0.1, 0.15) is 0 Å². The largest absolute Gasteiger partial charge is 0.337 e. The van der Waals surface area contributed by atoms with Crippen LogP contribution >= 0.6 is 11.6 Å². The number of anilines is 1. The van der Waals surface area contributed by atoms with Crippen molar-refractivity contribution in [2.24, 2.45) is 5.92 Å². The highest BCUT2D eigenvalue weighted by Crippen LogP contribution is 2.24. The zero-order chi connectivity index (χ0) is 18.1. The molecule has 1 aliphatic heterocycles. The zero-order valence-corrected chi connectivity index (χ0v) is 14.7. The molecular formula is C19H17ClN4O2. The quantitative estimate of drug-likeness (QED) is 0.742. The number of H-pyrrole nitrogens is 1. The normalized spacial score (nSPS) is 17.0. The van der Waals surface area contributed by atoms with E-state index in [9.17, 15) is 9.59 Å². The van der Waals surface area contributed by atoms with Crippen LogP contribution in [0.5, 0.6) is 0 Å². The molecule has 1 saturated heterocycles. The average Bonchev–Trinajstić information content (AvgIpc) is 3.20. The second-order valence-electron chi connectivity index (χ2n) is 6.36. The summed E-state index contributed by atoms with van der Waals surface area (Å²) in [6, 6.07) is 15.0. The number of para-hydroxylation sites is 2. The highest BCUT2D eigenvalue weighted by atomic mass is 35.5. The van der Waals surface area contributed by atoms with Crippen molar-refractivity contribution in [3.8, 4) is 0 Å². The lowest BCUT2D eigenvalue weighted by Gasteiger charge is -2.17. The van der Waals surface area contributed by atoms with Crippen LogP contribution in [-0.2, 0) is 16.1 Å². The third kappa shape index (κ3) is 3.28. The maximum Gasteiger partial charge on any atom is 0.232 e. The molecule has 1 aliphatic rings. The first-order valence-corrected chi connectivity index (χ1v) is 8.75. The summed E-state index contributed by atoms with van der Waals surface area (Å²) in [7, 11) is 0. The number of benzene rings is 2. The summed E-state index contributed by atoms with van der Waals surface area (Å²) in [6.07, 6.45) is 0.191. The van der Waals surface area contributed by atoms with Crippen LogP contribution in [0.4, 0.5) is 5.95 Å². The highest BCUT2D eigenvalue weighted by molar-refractivity contribution is 6.31. The number of hydrogen-bond acceptors (Lipinski definition) is 3. The first-order valence-electron chi connectivity index (χ1n) is 8.37. The number of carbonyl (C=O) groups is 2. The van der Waals surface area contributed by atoms with Gasteiger partial charge in [-0.3, -0.25) is 14.9 Å². The van der Waals surface area contributed by atoms with Crippen molar-refractivity contribution in [1.82, 2.24) is 14.9 Å². The standard InChI is InChI=1S/C19H17ClN4O2/c20-14-6-2-1-5-12(14)10-24-11-13(9-17(24)25)18(26)23-19-21-15-7-3-4-8-16(15)22-19/h1-8,13H,9-11H2,(H2,21,22,23,26)/t13-/m1/s1. The molecule has 4 rings (SSSR count). The van der Waals surface area contributed by atoms with Crippen molar-refractivity contribution in [3.63, 3.8) is 0 Å². The number of halogens is 1. The van der Waals surface area contributed by atoms with Crippen LogP contribution in [0, 0.1) is 5.92 Å². The van der Waals surface area contributed by atoms with Gasteiger partial charge in [-0.25, -0.2) is 4.98 Å². The van der Waals surface area contributed by atoms with Gasteiger partial charge in [0.05, 0.1) is 17.0 Å². The second-order valence-corrected chi connectivity index (χ2v) is 6.77. The third-order valence-electron chi connectivity index (χ3n) is 4.54. The molecule has 132 valence electrons. The van der Waals surface area contributed by atoms with Crippen LogP contribution in [0.25, 0.3) is 11.0 Å². The van der Waals surface area contributed by atoms with E-state index in [1.54, 1.807) is 11.0 Å². The second kappa shape index (κ2) is 6.80. The number of aromatic nitrogens is 2. The Balaban J connectivity index is 1.42. The Morgan fingerprint density at radius 3 is 2.81 bits per heavy atom. The molecule has 0 radical (unpaired) electrons. The van der Waals surface area contributed by atoms with E-state index < -0.39 is 5.92 Å². The van der Waals surface area contributed by atoms with Gasteiger partial charge in [-0.1, -0.05) is 41.9 Å². The Kier molecular flexibility index (Phi) is 4.34. The Labute approximate surface area is 155 Å². The molecule has 0 saturated carbocycles. The van der Waals surface area contributed by atoms with Crippen molar-refractivity contribution in [3.05, 3.63) is 59.1 Å². The molecule has 2 heterocycles. The number of nitrogens with zero attached hydrogens (tertiary/aromatic N) is 2. The van der Waals surface area contributed by atoms with Crippen molar-refractivity contribution in [2.75, 3.05) is 11.9 Å². The number of nitrogens with one attached hydrogen (secondary N) is 2. The van der Waals surface area contributed by atoms with Crippen LogP contribution in [0.2, 0.25) is 5.02 Å². The van der Waals surface area contributed by atoms with Crippen molar-refractivity contribution in [1.29, 1.82) is 0 Å². The number of aromatic amines is 1. The maximum absolute atomic E-state index is 12.5. The molecule has 2 amide bonds. The summed E-state index contributed by atoms with van der Waals surface area (Å²) in [5.74, 6) is -0.264. The van der Waals surface area contributed by atoms with Gasteiger partial charge in [0.15, 0.2) is 0 Å².